The molecule has 0 aliphatic carbocycles. The van der Waals surface area contributed by atoms with Gasteiger partial charge >= 0.3 is 0 Å². The molecule has 0 spiro atoms. The van der Waals surface area contributed by atoms with Crippen molar-refractivity contribution < 1.29 is 0 Å². The maximum atomic E-state index is 5.45. The molecule has 1 rings (SSSR count). The summed E-state index contributed by atoms with van der Waals surface area (Å²) < 4.78 is 0. The van der Waals surface area contributed by atoms with Crippen molar-refractivity contribution in [2.45, 2.75) is 20.3 Å². The summed E-state index contributed by atoms with van der Waals surface area (Å²) in [5, 5.41) is 0.985. The lowest BCUT2D eigenvalue weighted by atomic mass is 9.86. The highest BCUT2D eigenvalue weighted by Gasteiger charge is 2.17. The van der Waals surface area contributed by atoms with Crippen LogP contribution in [0.2, 0.25) is 0 Å². The van der Waals surface area contributed by atoms with Crippen molar-refractivity contribution in [1.82, 2.24) is 0 Å². The SMILES string of the molecule is C#Cc1ccccc1CC(C)(C)CBr. The number of halogens is 1. The van der Waals surface area contributed by atoms with E-state index in [1.54, 1.807) is 0 Å². The molecule has 1 aromatic rings. The number of hydrogen-bond donors (Lipinski definition) is 0. The maximum absolute atomic E-state index is 5.45. The first-order valence-electron chi connectivity index (χ1n) is 4.69. The van der Waals surface area contributed by atoms with Gasteiger partial charge in [0.15, 0.2) is 0 Å². The van der Waals surface area contributed by atoms with Crippen molar-refractivity contribution in [3.8, 4) is 12.3 Å². The van der Waals surface area contributed by atoms with Crippen molar-refractivity contribution in [1.29, 1.82) is 0 Å². The Morgan fingerprint density at radius 3 is 2.57 bits per heavy atom. The van der Waals surface area contributed by atoms with Crippen LogP contribution in [0.3, 0.4) is 0 Å². The topological polar surface area (TPSA) is 0 Å². The van der Waals surface area contributed by atoms with Gasteiger partial charge in [-0.05, 0) is 23.5 Å². The van der Waals surface area contributed by atoms with Gasteiger partial charge in [-0.3, -0.25) is 0 Å². The first-order valence-corrected chi connectivity index (χ1v) is 5.82. The van der Waals surface area contributed by atoms with Crippen molar-refractivity contribution in [2.24, 2.45) is 5.41 Å². The Kier molecular flexibility index (Phi) is 3.77. The van der Waals surface area contributed by atoms with Crippen LogP contribution < -0.4 is 0 Å². The highest BCUT2D eigenvalue weighted by atomic mass is 79.9. The van der Waals surface area contributed by atoms with E-state index < -0.39 is 0 Å². The molecule has 0 bridgehead atoms. The predicted molar refractivity (Wildman–Crippen MR) is 65.7 cm³/mol. The van der Waals surface area contributed by atoms with Gasteiger partial charge in [0.2, 0.25) is 0 Å². The molecular formula is C13H15Br. The van der Waals surface area contributed by atoms with Gasteiger partial charge in [0.1, 0.15) is 0 Å². The summed E-state index contributed by atoms with van der Waals surface area (Å²) >= 11 is 3.52. The fourth-order valence-electron chi connectivity index (χ4n) is 1.38. The van der Waals surface area contributed by atoms with E-state index >= 15 is 0 Å². The second-order valence-electron chi connectivity index (χ2n) is 4.28. The third-order valence-corrected chi connectivity index (χ3v) is 3.72. The molecule has 0 aliphatic rings. The summed E-state index contributed by atoms with van der Waals surface area (Å²) in [6.07, 6.45) is 6.46. The van der Waals surface area contributed by atoms with Gasteiger partial charge in [-0.1, -0.05) is 53.9 Å². The van der Waals surface area contributed by atoms with Crippen LogP contribution in [0.15, 0.2) is 24.3 Å². The minimum atomic E-state index is 0.257. The van der Waals surface area contributed by atoms with Crippen LogP contribution in [0.25, 0.3) is 0 Å². The van der Waals surface area contributed by atoms with E-state index in [1.807, 2.05) is 18.2 Å². The summed E-state index contributed by atoms with van der Waals surface area (Å²) in [5.41, 5.74) is 2.54. The van der Waals surface area contributed by atoms with Crippen LogP contribution in [0.4, 0.5) is 0 Å². The van der Waals surface area contributed by atoms with E-state index in [9.17, 15) is 0 Å². The zero-order valence-electron chi connectivity index (χ0n) is 8.68. The summed E-state index contributed by atoms with van der Waals surface area (Å²) in [6.45, 7) is 4.46. The first kappa shape index (κ1) is 11.3. The Morgan fingerprint density at radius 1 is 1.36 bits per heavy atom. The molecule has 0 radical (unpaired) electrons. The fourth-order valence-corrected chi connectivity index (χ4v) is 1.58. The van der Waals surface area contributed by atoms with Crippen LogP contribution >= 0.6 is 15.9 Å². The first-order chi connectivity index (χ1) is 6.59. The Morgan fingerprint density at radius 2 is 2.00 bits per heavy atom. The van der Waals surface area contributed by atoms with Crippen LogP contribution in [-0.4, -0.2) is 5.33 Å². The van der Waals surface area contributed by atoms with Gasteiger partial charge < -0.3 is 0 Å². The molecule has 0 saturated heterocycles. The second kappa shape index (κ2) is 4.66. The van der Waals surface area contributed by atoms with Gasteiger partial charge in [-0.15, -0.1) is 6.42 Å². The lowest BCUT2D eigenvalue weighted by molar-refractivity contribution is 0.424. The summed E-state index contributed by atoms with van der Waals surface area (Å²) in [7, 11) is 0. The summed E-state index contributed by atoms with van der Waals surface area (Å²) in [4.78, 5) is 0. The lowest BCUT2D eigenvalue weighted by Crippen LogP contribution is -2.17. The molecular weight excluding hydrogens is 236 g/mol. The third-order valence-electron chi connectivity index (χ3n) is 2.20. The Bertz CT molecular complexity index is 344. The van der Waals surface area contributed by atoms with E-state index in [1.165, 1.54) is 5.56 Å². The molecule has 0 N–H and O–H groups in total. The minimum Gasteiger partial charge on any atom is -0.115 e. The monoisotopic (exact) mass is 250 g/mol. The molecule has 0 saturated carbocycles. The average Bonchev–Trinajstić information content (AvgIpc) is 2.18. The normalized spacial score (nSPS) is 11.0. The Balaban J connectivity index is 2.92. The Hall–Kier alpha value is -0.740. The van der Waals surface area contributed by atoms with E-state index in [4.69, 9.17) is 6.42 Å². The molecule has 0 aliphatic heterocycles. The van der Waals surface area contributed by atoms with Crippen LogP contribution in [-0.2, 0) is 6.42 Å². The lowest BCUT2D eigenvalue weighted by Gasteiger charge is -2.22. The van der Waals surface area contributed by atoms with Gasteiger partial charge in [-0.25, -0.2) is 0 Å². The average molecular weight is 251 g/mol. The van der Waals surface area contributed by atoms with E-state index in [2.05, 4.69) is 41.8 Å². The molecule has 14 heavy (non-hydrogen) atoms. The number of terminal acetylenes is 1. The molecule has 0 atom stereocenters. The molecule has 0 unspecified atom stereocenters. The van der Waals surface area contributed by atoms with Gasteiger partial charge in [0.25, 0.3) is 0 Å². The second-order valence-corrected chi connectivity index (χ2v) is 4.84. The minimum absolute atomic E-state index is 0.257. The standard InChI is InChI=1S/C13H15Br/c1-4-11-7-5-6-8-12(11)9-13(2,3)10-14/h1,5-8H,9-10H2,2-3H3. The highest BCUT2D eigenvalue weighted by molar-refractivity contribution is 9.09. The molecule has 0 amide bonds. The Labute approximate surface area is 94.9 Å². The van der Waals surface area contributed by atoms with Crippen LogP contribution in [0, 0.1) is 17.8 Å². The van der Waals surface area contributed by atoms with Gasteiger partial charge in [0, 0.05) is 10.9 Å². The van der Waals surface area contributed by atoms with Crippen molar-refractivity contribution in [3.05, 3.63) is 35.4 Å². The van der Waals surface area contributed by atoms with E-state index in [-0.39, 0.29) is 5.41 Å². The maximum Gasteiger partial charge on any atom is 0.0274 e. The summed E-state index contributed by atoms with van der Waals surface area (Å²) in [6, 6.07) is 8.14. The number of rotatable bonds is 3. The van der Waals surface area contributed by atoms with Crippen LogP contribution in [0.1, 0.15) is 25.0 Å². The number of alkyl halides is 1. The smallest absolute Gasteiger partial charge is 0.0274 e. The zero-order valence-corrected chi connectivity index (χ0v) is 10.3. The largest absolute Gasteiger partial charge is 0.115 e. The van der Waals surface area contributed by atoms with Crippen molar-refractivity contribution in [2.75, 3.05) is 5.33 Å². The molecule has 0 heterocycles. The third kappa shape index (κ3) is 2.89. The predicted octanol–water partition coefficient (Wildman–Crippen LogP) is 3.63. The zero-order chi connectivity index (χ0) is 10.6. The quantitative estimate of drug-likeness (QED) is 0.568. The van der Waals surface area contributed by atoms with Crippen molar-refractivity contribution >= 4 is 15.9 Å². The van der Waals surface area contributed by atoms with Crippen molar-refractivity contribution in [3.63, 3.8) is 0 Å². The van der Waals surface area contributed by atoms with Gasteiger partial charge in [0.05, 0.1) is 0 Å². The molecule has 74 valence electrons. The van der Waals surface area contributed by atoms with E-state index in [0.717, 1.165) is 17.3 Å². The fraction of sp³-hybridized carbons (Fsp3) is 0.385. The van der Waals surface area contributed by atoms with Gasteiger partial charge in [-0.2, -0.15) is 0 Å². The molecule has 0 aromatic heterocycles. The molecule has 0 nitrogen and oxygen atoms in total. The molecule has 0 fully saturated rings. The van der Waals surface area contributed by atoms with Crippen LogP contribution in [0.5, 0.6) is 0 Å². The molecule has 1 heteroatoms. The highest BCUT2D eigenvalue weighted by Crippen LogP contribution is 2.25. The summed E-state index contributed by atoms with van der Waals surface area (Å²) in [5.74, 6) is 2.73. The van der Waals surface area contributed by atoms with E-state index in [0.29, 0.717) is 0 Å². The molecule has 1 aromatic carbocycles. The number of hydrogen-bond acceptors (Lipinski definition) is 0. The number of benzene rings is 1.